The number of hydrogen-bond acceptors (Lipinski definition) is 6. The van der Waals surface area contributed by atoms with E-state index in [0.717, 1.165) is 0 Å². The smallest absolute Gasteiger partial charge is 0.334 e. The minimum absolute atomic E-state index is 0.0208. The summed E-state index contributed by atoms with van der Waals surface area (Å²) in [5, 5.41) is 5.90. The van der Waals surface area contributed by atoms with E-state index in [-0.39, 0.29) is 22.8 Å². The van der Waals surface area contributed by atoms with Gasteiger partial charge in [0.2, 0.25) is 5.82 Å². The summed E-state index contributed by atoms with van der Waals surface area (Å²) in [6.07, 6.45) is 0. The van der Waals surface area contributed by atoms with E-state index in [2.05, 4.69) is 20.3 Å². The van der Waals surface area contributed by atoms with Crippen LogP contribution in [0.4, 0.5) is 9.18 Å². The lowest BCUT2D eigenvalue weighted by molar-refractivity contribution is 0.0891. The van der Waals surface area contributed by atoms with E-state index in [1.165, 1.54) is 31.4 Å². The van der Waals surface area contributed by atoms with Crippen molar-refractivity contribution in [2.45, 2.75) is 0 Å². The van der Waals surface area contributed by atoms with Crippen LogP contribution in [-0.4, -0.2) is 29.2 Å². The molecule has 0 unspecified atom stereocenters. The van der Waals surface area contributed by atoms with Gasteiger partial charge in [0.1, 0.15) is 5.82 Å². The number of urea groups is 1. The van der Waals surface area contributed by atoms with Gasteiger partial charge in [-0.05, 0) is 24.3 Å². The lowest BCUT2D eigenvalue weighted by Gasteiger charge is -2.05. The molecule has 8 nitrogen and oxygen atoms in total. The Morgan fingerprint density at radius 2 is 1.96 bits per heavy atom. The molecule has 132 valence electrons. The Labute approximate surface area is 146 Å². The highest BCUT2D eigenvalue weighted by atomic mass is 19.1. The molecule has 0 aliphatic heterocycles. The van der Waals surface area contributed by atoms with Crippen LogP contribution in [0.25, 0.3) is 22.8 Å². The van der Waals surface area contributed by atoms with Crippen molar-refractivity contribution in [1.82, 2.24) is 20.9 Å². The van der Waals surface area contributed by atoms with Crippen LogP contribution in [0.3, 0.4) is 0 Å². The Bertz CT molecular complexity index is 957. The molecular weight excluding hydrogens is 343 g/mol. The van der Waals surface area contributed by atoms with Crippen LogP contribution < -0.4 is 10.8 Å². The fourth-order valence-electron chi connectivity index (χ4n) is 2.18. The van der Waals surface area contributed by atoms with Crippen molar-refractivity contribution in [2.24, 2.45) is 0 Å². The minimum atomic E-state index is -0.802. The highest BCUT2D eigenvalue weighted by Crippen LogP contribution is 2.24. The number of carbonyl (C=O) groups is 2. The maximum Gasteiger partial charge on any atom is 0.345 e. The van der Waals surface area contributed by atoms with Crippen molar-refractivity contribution in [3.63, 3.8) is 0 Å². The van der Waals surface area contributed by atoms with E-state index < -0.39 is 17.8 Å². The number of nitrogens with zero attached hydrogens (tertiary/aromatic N) is 2. The lowest BCUT2D eigenvalue weighted by Crippen LogP contribution is -2.38. The molecule has 3 aromatic rings. The molecule has 1 heterocycles. The molecule has 2 N–H and O–H groups in total. The topological polar surface area (TPSA) is 106 Å². The molecule has 0 saturated heterocycles. The predicted octanol–water partition coefficient (Wildman–Crippen LogP) is 2.54. The Morgan fingerprint density at radius 3 is 2.73 bits per heavy atom. The second kappa shape index (κ2) is 7.53. The summed E-state index contributed by atoms with van der Waals surface area (Å²) in [7, 11) is 1.24. The Morgan fingerprint density at radius 1 is 1.15 bits per heavy atom. The number of rotatable bonds is 4. The van der Waals surface area contributed by atoms with Crippen LogP contribution in [0.15, 0.2) is 53.1 Å². The highest BCUT2D eigenvalue weighted by Gasteiger charge is 2.16. The average Bonchev–Trinajstić information content (AvgIpc) is 3.12. The number of nitrogens with one attached hydrogen (secondary N) is 2. The molecule has 2 aromatic carbocycles. The number of imide groups is 1. The molecule has 1 aromatic heterocycles. The summed E-state index contributed by atoms with van der Waals surface area (Å²) in [4.78, 5) is 31.9. The second-order valence-corrected chi connectivity index (χ2v) is 5.07. The maximum absolute atomic E-state index is 13.8. The monoisotopic (exact) mass is 356 g/mol. The van der Waals surface area contributed by atoms with E-state index in [4.69, 9.17) is 4.52 Å². The summed E-state index contributed by atoms with van der Waals surface area (Å²) >= 11 is 0. The third-order valence-electron chi connectivity index (χ3n) is 3.34. The van der Waals surface area contributed by atoms with Gasteiger partial charge in [0.05, 0.1) is 12.7 Å². The van der Waals surface area contributed by atoms with Crippen LogP contribution in [-0.2, 0) is 4.84 Å². The van der Waals surface area contributed by atoms with Crippen molar-refractivity contribution in [3.05, 3.63) is 59.9 Å². The number of carbonyl (C=O) groups excluding carboxylic acids is 2. The van der Waals surface area contributed by atoms with Gasteiger partial charge in [-0.2, -0.15) is 4.98 Å². The number of halogens is 1. The number of aromatic nitrogens is 2. The molecule has 0 saturated carbocycles. The minimum Gasteiger partial charge on any atom is -0.334 e. The third kappa shape index (κ3) is 3.73. The van der Waals surface area contributed by atoms with Crippen molar-refractivity contribution in [3.8, 4) is 22.8 Å². The molecule has 3 rings (SSSR count). The van der Waals surface area contributed by atoms with Gasteiger partial charge in [-0.3, -0.25) is 14.9 Å². The molecule has 0 spiro atoms. The van der Waals surface area contributed by atoms with Gasteiger partial charge >= 0.3 is 6.03 Å². The molecule has 0 bridgehead atoms. The maximum atomic E-state index is 13.8. The number of hydroxylamine groups is 1. The zero-order valence-electron chi connectivity index (χ0n) is 13.5. The van der Waals surface area contributed by atoms with Crippen LogP contribution in [0.2, 0.25) is 0 Å². The number of amides is 3. The first kappa shape index (κ1) is 17.2. The van der Waals surface area contributed by atoms with E-state index in [1.54, 1.807) is 24.3 Å². The van der Waals surface area contributed by atoms with Crippen LogP contribution in [0.1, 0.15) is 10.4 Å². The standard InChI is InChI=1S/C17H13FN4O4/c1-25-22-17(24)20-15(23)11-6-4-5-10(9-11)14-19-16(26-21-14)12-7-2-3-8-13(12)18/h2-9H,1H3,(H2,20,22,23,24). The van der Waals surface area contributed by atoms with Gasteiger partial charge < -0.3 is 4.52 Å². The van der Waals surface area contributed by atoms with Crippen molar-refractivity contribution < 1.29 is 23.3 Å². The highest BCUT2D eigenvalue weighted by molar-refractivity contribution is 6.04. The van der Waals surface area contributed by atoms with E-state index in [1.807, 2.05) is 5.48 Å². The predicted molar refractivity (Wildman–Crippen MR) is 88.1 cm³/mol. The molecule has 0 aliphatic rings. The average molecular weight is 356 g/mol. The zero-order chi connectivity index (χ0) is 18.5. The lowest BCUT2D eigenvalue weighted by atomic mass is 10.1. The van der Waals surface area contributed by atoms with E-state index in [0.29, 0.717) is 5.56 Å². The number of benzene rings is 2. The SMILES string of the molecule is CONC(=O)NC(=O)c1cccc(-c2noc(-c3ccccc3F)n2)c1. The Hall–Kier alpha value is -3.59. The van der Waals surface area contributed by atoms with Gasteiger partial charge in [0.25, 0.3) is 11.8 Å². The third-order valence-corrected chi connectivity index (χ3v) is 3.34. The fraction of sp³-hybridized carbons (Fsp3) is 0.0588. The number of hydrogen-bond donors (Lipinski definition) is 2. The first-order valence-corrected chi connectivity index (χ1v) is 7.42. The first-order chi connectivity index (χ1) is 12.6. The van der Waals surface area contributed by atoms with Crippen molar-refractivity contribution in [1.29, 1.82) is 0 Å². The van der Waals surface area contributed by atoms with Crippen LogP contribution in [0, 0.1) is 5.82 Å². The second-order valence-electron chi connectivity index (χ2n) is 5.07. The van der Waals surface area contributed by atoms with Gasteiger partial charge in [-0.25, -0.2) is 14.7 Å². The molecule has 0 radical (unpaired) electrons. The van der Waals surface area contributed by atoms with Gasteiger partial charge in [0.15, 0.2) is 0 Å². The first-order valence-electron chi connectivity index (χ1n) is 7.42. The molecule has 0 aliphatic carbocycles. The fourth-order valence-corrected chi connectivity index (χ4v) is 2.18. The summed E-state index contributed by atoms with van der Waals surface area (Å²) in [5.74, 6) is -0.925. The summed E-state index contributed by atoms with van der Waals surface area (Å²) in [6.45, 7) is 0. The Kier molecular flexibility index (Phi) is 4.99. The normalized spacial score (nSPS) is 10.4. The zero-order valence-corrected chi connectivity index (χ0v) is 13.5. The molecule has 3 amide bonds. The Balaban J connectivity index is 1.84. The van der Waals surface area contributed by atoms with E-state index >= 15 is 0 Å². The van der Waals surface area contributed by atoms with E-state index in [9.17, 15) is 14.0 Å². The molecule has 0 fully saturated rings. The summed E-state index contributed by atoms with van der Waals surface area (Å²) < 4.78 is 18.9. The van der Waals surface area contributed by atoms with Gasteiger partial charge in [0, 0.05) is 11.1 Å². The van der Waals surface area contributed by atoms with Crippen LogP contribution in [0.5, 0.6) is 0 Å². The van der Waals surface area contributed by atoms with Gasteiger partial charge in [-0.1, -0.05) is 29.4 Å². The van der Waals surface area contributed by atoms with Gasteiger partial charge in [-0.15, -0.1) is 0 Å². The molecule has 0 atom stereocenters. The van der Waals surface area contributed by atoms with Crippen molar-refractivity contribution >= 4 is 11.9 Å². The quantitative estimate of drug-likeness (QED) is 0.696. The molecular formula is C17H13FN4O4. The van der Waals surface area contributed by atoms with Crippen molar-refractivity contribution in [2.75, 3.05) is 7.11 Å². The molecule has 9 heteroatoms. The molecule has 26 heavy (non-hydrogen) atoms. The summed E-state index contributed by atoms with van der Waals surface area (Å²) in [5.41, 5.74) is 2.82. The van der Waals surface area contributed by atoms with Crippen LogP contribution >= 0.6 is 0 Å². The largest absolute Gasteiger partial charge is 0.345 e. The summed E-state index contributed by atoms with van der Waals surface area (Å²) in [6, 6.07) is 11.4.